The maximum Gasteiger partial charge on any atom is 0.213 e. The lowest BCUT2D eigenvalue weighted by Crippen LogP contribution is -1.98. The third-order valence-electron chi connectivity index (χ3n) is 4.10. The molecule has 5 aromatic rings. The first-order chi connectivity index (χ1) is 13.3. The molecule has 0 N–H and O–H groups in total. The molecule has 0 bridgehead atoms. The predicted molar refractivity (Wildman–Crippen MR) is 102 cm³/mol. The molecule has 8 heteroatoms. The third-order valence-corrected chi connectivity index (χ3v) is 5.03. The van der Waals surface area contributed by atoms with Crippen LogP contribution in [-0.2, 0) is 0 Å². The lowest BCUT2D eigenvalue weighted by atomic mass is 10.1. The van der Waals surface area contributed by atoms with E-state index < -0.39 is 0 Å². The van der Waals surface area contributed by atoms with E-state index in [1.54, 1.807) is 15.5 Å². The Morgan fingerprint density at radius 3 is 2.41 bits per heavy atom. The van der Waals surface area contributed by atoms with Crippen molar-refractivity contribution in [2.24, 2.45) is 0 Å². The first kappa shape index (κ1) is 15.6. The minimum Gasteiger partial charge on any atom is -0.296 e. The van der Waals surface area contributed by atoms with Crippen LogP contribution in [0.25, 0.3) is 32.6 Å². The largest absolute Gasteiger partial charge is 0.296 e. The van der Waals surface area contributed by atoms with Crippen LogP contribution in [0.4, 0.5) is 0 Å². The molecule has 130 valence electrons. The van der Waals surface area contributed by atoms with E-state index in [-0.39, 0.29) is 0 Å². The average Bonchev–Trinajstić information content (AvgIpc) is 3.43. The molecule has 27 heavy (non-hydrogen) atoms. The first-order valence-electron chi connectivity index (χ1n) is 8.22. The zero-order valence-electron chi connectivity index (χ0n) is 13.9. The molecule has 3 heterocycles. The highest BCUT2D eigenvalue weighted by atomic mass is 32.1. The molecule has 2 aromatic carbocycles. The SMILES string of the molecule is O=Cc1c(-c2ccccc2)nc2sc(-c3cnn(-c4ccccc4)n3)nn12. The van der Waals surface area contributed by atoms with Gasteiger partial charge < -0.3 is 0 Å². The first-order valence-corrected chi connectivity index (χ1v) is 9.03. The van der Waals surface area contributed by atoms with Gasteiger partial charge in [0.25, 0.3) is 0 Å². The van der Waals surface area contributed by atoms with Crippen LogP contribution in [0.1, 0.15) is 10.5 Å². The van der Waals surface area contributed by atoms with Crippen molar-refractivity contribution in [1.29, 1.82) is 0 Å². The highest BCUT2D eigenvalue weighted by molar-refractivity contribution is 7.19. The van der Waals surface area contributed by atoms with Gasteiger partial charge in [-0.05, 0) is 12.1 Å². The van der Waals surface area contributed by atoms with Gasteiger partial charge in [-0.1, -0.05) is 59.9 Å². The van der Waals surface area contributed by atoms with Gasteiger partial charge in [0.05, 0.1) is 11.9 Å². The van der Waals surface area contributed by atoms with Crippen LogP contribution in [0.3, 0.4) is 0 Å². The molecule has 0 saturated heterocycles. The van der Waals surface area contributed by atoms with Crippen LogP contribution in [0.2, 0.25) is 0 Å². The number of imidazole rings is 1. The summed E-state index contributed by atoms with van der Waals surface area (Å²) in [6, 6.07) is 19.2. The second kappa shape index (κ2) is 6.26. The standard InChI is InChI=1S/C19H12N6OS/c26-12-16-17(13-7-3-1-4-8-13)21-19-24(16)23-18(27-19)15-11-20-25(22-15)14-9-5-2-6-10-14/h1-12H. The van der Waals surface area contributed by atoms with E-state index in [0.717, 1.165) is 17.5 Å². The Balaban J connectivity index is 1.57. The topological polar surface area (TPSA) is 78.0 Å². The summed E-state index contributed by atoms with van der Waals surface area (Å²) >= 11 is 1.37. The van der Waals surface area contributed by atoms with Crippen molar-refractivity contribution in [2.45, 2.75) is 0 Å². The Labute approximate surface area is 157 Å². The molecule has 0 aliphatic heterocycles. The molecule has 7 nitrogen and oxygen atoms in total. The average molecular weight is 372 g/mol. The van der Waals surface area contributed by atoms with Gasteiger partial charge in [-0.3, -0.25) is 4.79 Å². The highest BCUT2D eigenvalue weighted by Gasteiger charge is 2.19. The van der Waals surface area contributed by atoms with Crippen LogP contribution < -0.4 is 0 Å². The summed E-state index contributed by atoms with van der Waals surface area (Å²) in [6.45, 7) is 0. The number of hydrogen-bond donors (Lipinski definition) is 0. The number of aldehydes is 1. The lowest BCUT2D eigenvalue weighted by molar-refractivity contribution is 0.111. The summed E-state index contributed by atoms with van der Waals surface area (Å²) in [5.41, 5.74) is 3.43. The smallest absolute Gasteiger partial charge is 0.213 e. The quantitative estimate of drug-likeness (QED) is 0.451. The van der Waals surface area contributed by atoms with Crippen LogP contribution in [0.5, 0.6) is 0 Å². The fourth-order valence-electron chi connectivity index (χ4n) is 2.83. The number of fused-ring (bicyclic) bond motifs is 1. The molecule has 3 aromatic heterocycles. The van der Waals surface area contributed by atoms with Crippen molar-refractivity contribution >= 4 is 22.6 Å². The van der Waals surface area contributed by atoms with Gasteiger partial charge in [0, 0.05) is 5.56 Å². The van der Waals surface area contributed by atoms with Gasteiger partial charge in [0.15, 0.2) is 11.3 Å². The fraction of sp³-hybridized carbons (Fsp3) is 0. The van der Waals surface area contributed by atoms with Gasteiger partial charge in [-0.15, -0.1) is 5.10 Å². The molecule has 0 aliphatic carbocycles. The molecule has 5 rings (SSSR count). The number of aromatic nitrogens is 6. The lowest BCUT2D eigenvalue weighted by Gasteiger charge is -1.97. The number of hydrogen-bond acceptors (Lipinski definition) is 6. The van der Waals surface area contributed by atoms with E-state index in [2.05, 4.69) is 20.3 Å². The summed E-state index contributed by atoms with van der Waals surface area (Å²) in [4.78, 5) is 18.5. The van der Waals surface area contributed by atoms with Crippen molar-refractivity contribution in [1.82, 2.24) is 29.6 Å². The summed E-state index contributed by atoms with van der Waals surface area (Å²) < 4.78 is 1.57. The van der Waals surface area contributed by atoms with Crippen molar-refractivity contribution in [2.75, 3.05) is 0 Å². The number of carbonyl (C=O) groups excluding carboxylic acids is 1. The molecular formula is C19H12N6OS. The number of rotatable bonds is 4. The van der Waals surface area contributed by atoms with Crippen molar-refractivity contribution < 1.29 is 4.79 Å². The molecule has 0 aliphatic rings. The van der Waals surface area contributed by atoms with Crippen LogP contribution in [0.15, 0.2) is 66.9 Å². The molecule has 0 saturated carbocycles. The van der Waals surface area contributed by atoms with Gasteiger partial charge in [-0.2, -0.15) is 19.5 Å². The summed E-state index contributed by atoms with van der Waals surface area (Å²) in [5, 5.41) is 14.0. The normalized spacial score (nSPS) is 11.1. The Hall–Kier alpha value is -3.65. The molecule has 0 fully saturated rings. The van der Waals surface area contributed by atoms with Crippen molar-refractivity contribution in [3.63, 3.8) is 0 Å². The molecule has 0 radical (unpaired) electrons. The maximum atomic E-state index is 11.7. The zero-order valence-corrected chi connectivity index (χ0v) is 14.7. The van der Waals surface area contributed by atoms with Crippen LogP contribution >= 0.6 is 11.3 Å². The maximum absolute atomic E-state index is 11.7. The van der Waals surface area contributed by atoms with Gasteiger partial charge >= 0.3 is 0 Å². The Morgan fingerprint density at radius 2 is 1.67 bits per heavy atom. The molecule has 0 amide bonds. The monoisotopic (exact) mass is 372 g/mol. The fourth-order valence-corrected chi connectivity index (χ4v) is 3.68. The number of para-hydroxylation sites is 1. The number of carbonyl (C=O) groups is 1. The van der Waals surface area contributed by atoms with Crippen molar-refractivity contribution in [3.8, 4) is 27.6 Å². The Bertz CT molecular complexity index is 1240. The van der Waals surface area contributed by atoms with Gasteiger partial charge in [0.2, 0.25) is 4.96 Å². The zero-order chi connectivity index (χ0) is 18.2. The highest BCUT2D eigenvalue weighted by Crippen LogP contribution is 2.29. The Kier molecular flexibility index (Phi) is 3.61. The number of nitrogens with zero attached hydrogens (tertiary/aromatic N) is 6. The molecule has 0 unspecified atom stereocenters. The molecule has 0 spiro atoms. The Morgan fingerprint density at radius 1 is 0.926 bits per heavy atom. The van der Waals surface area contributed by atoms with Gasteiger partial charge in [-0.25, -0.2) is 4.98 Å². The third kappa shape index (κ3) is 2.63. The van der Waals surface area contributed by atoms with E-state index in [0.29, 0.717) is 27.1 Å². The number of benzene rings is 2. The second-order valence-electron chi connectivity index (χ2n) is 5.79. The van der Waals surface area contributed by atoms with Gasteiger partial charge in [0.1, 0.15) is 17.1 Å². The summed E-state index contributed by atoms with van der Waals surface area (Å²) in [7, 11) is 0. The van der Waals surface area contributed by atoms with E-state index in [1.807, 2.05) is 60.7 Å². The van der Waals surface area contributed by atoms with E-state index in [4.69, 9.17) is 0 Å². The van der Waals surface area contributed by atoms with E-state index in [1.165, 1.54) is 11.3 Å². The minimum absolute atomic E-state index is 0.425. The second-order valence-corrected chi connectivity index (χ2v) is 6.74. The van der Waals surface area contributed by atoms with E-state index in [9.17, 15) is 4.79 Å². The summed E-state index contributed by atoms with van der Waals surface area (Å²) in [5.74, 6) is 0. The summed E-state index contributed by atoms with van der Waals surface area (Å²) in [6.07, 6.45) is 2.44. The van der Waals surface area contributed by atoms with E-state index >= 15 is 0 Å². The van der Waals surface area contributed by atoms with Crippen LogP contribution in [0, 0.1) is 0 Å². The molecule has 0 atom stereocenters. The van der Waals surface area contributed by atoms with Crippen molar-refractivity contribution in [3.05, 3.63) is 72.6 Å². The minimum atomic E-state index is 0.425. The molecular weight excluding hydrogens is 360 g/mol. The van der Waals surface area contributed by atoms with Crippen LogP contribution in [-0.4, -0.2) is 35.9 Å². The predicted octanol–water partition coefficient (Wildman–Crippen LogP) is 3.52.